The Labute approximate surface area is 54.5 Å². The van der Waals surface area contributed by atoms with E-state index in [-0.39, 0.29) is 4.73 Å². The number of hydrogen-bond acceptors (Lipinski definition) is 1. The van der Waals surface area contributed by atoms with Crippen molar-refractivity contribution in [1.82, 2.24) is 4.73 Å². The number of hydrogen-bond donors (Lipinski definition) is 1. The molecule has 1 aromatic rings. The zero-order valence-electron chi connectivity index (χ0n) is 4.76. The molecule has 0 bridgehead atoms. The summed E-state index contributed by atoms with van der Waals surface area (Å²) < 4.78 is 35.1. The van der Waals surface area contributed by atoms with Crippen LogP contribution in [0.15, 0.2) is 18.3 Å². The second-order valence-electron chi connectivity index (χ2n) is 1.74. The van der Waals surface area contributed by atoms with Crippen LogP contribution in [0.3, 0.4) is 0 Å². The number of aromatic nitrogens is 1. The number of halogens is 3. The first kappa shape index (κ1) is 6.98. The second-order valence-corrected chi connectivity index (χ2v) is 1.74. The summed E-state index contributed by atoms with van der Waals surface area (Å²) in [6, 6.07) is 1.91. The van der Waals surface area contributed by atoms with Gasteiger partial charge in [0.1, 0.15) is 0 Å². The molecule has 0 spiro atoms. The van der Waals surface area contributed by atoms with E-state index in [0.29, 0.717) is 0 Å². The van der Waals surface area contributed by atoms with E-state index in [4.69, 9.17) is 5.21 Å². The molecule has 2 nitrogen and oxygen atoms in total. The van der Waals surface area contributed by atoms with Crippen molar-refractivity contribution in [3.05, 3.63) is 24.0 Å². The lowest BCUT2D eigenvalue weighted by Gasteiger charge is -2.04. The maximum atomic E-state index is 11.7. The average molecular weight is 151 g/mol. The summed E-state index contributed by atoms with van der Waals surface area (Å²) in [6.45, 7) is 0. The Morgan fingerprint density at radius 1 is 1.40 bits per heavy atom. The highest BCUT2D eigenvalue weighted by molar-refractivity contribution is 5.08. The topological polar surface area (TPSA) is 25.2 Å². The maximum absolute atomic E-state index is 11.7. The number of rotatable bonds is 0. The zero-order valence-corrected chi connectivity index (χ0v) is 4.76. The summed E-state index contributed by atoms with van der Waals surface area (Å²) in [5, 5.41) is 8.48. The Morgan fingerprint density at radius 3 is 2.20 bits per heavy atom. The van der Waals surface area contributed by atoms with Crippen LogP contribution in [0.4, 0.5) is 13.2 Å². The standard InChI is InChI=1S/C5H4F3NO/c6-5(7,8)4-2-1-3-9(4)10/h1-3,10H. The van der Waals surface area contributed by atoms with Crippen LogP contribution >= 0.6 is 0 Å². The van der Waals surface area contributed by atoms with Crippen LogP contribution in [0.25, 0.3) is 0 Å². The molecule has 0 aliphatic rings. The van der Waals surface area contributed by atoms with Gasteiger partial charge in [-0.15, -0.1) is 0 Å². The maximum Gasteiger partial charge on any atom is 0.434 e. The Kier molecular flexibility index (Phi) is 1.35. The minimum Gasteiger partial charge on any atom is -0.428 e. The van der Waals surface area contributed by atoms with Gasteiger partial charge >= 0.3 is 6.18 Å². The molecule has 0 amide bonds. The minimum absolute atomic E-state index is 0.0417. The molecule has 0 radical (unpaired) electrons. The molecule has 0 fully saturated rings. The quantitative estimate of drug-likeness (QED) is 0.561. The van der Waals surface area contributed by atoms with E-state index in [2.05, 4.69) is 0 Å². The average Bonchev–Trinajstić information content (AvgIpc) is 2.11. The van der Waals surface area contributed by atoms with Gasteiger partial charge in [0.25, 0.3) is 0 Å². The first-order valence-corrected chi connectivity index (χ1v) is 2.45. The molecule has 0 aliphatic carbocycles. The lowest BCUT2D eigenvalue weighted by Crippen LogP contribution is -2.10. The summed E-state index contributed by atoms with van der Waals surface area (Å²) in [6.07, 6.45) is -3.55. The molecule has 5 heteroatoms. The van der Waals surface area contributed by atoms with Gasteiger partial charge in [-0.3, -0.25) is 0 Å². The summed E-state index contributed by atoms with van der Waals surface area (Å²) >= 11 is 0. The summed E-state index contributed by atoms with van der Waals surface area (Å²) in [5.41, 5.74) is -1.06. The number of nitrogens with zero attached hydrogens (tertiary/aromatic N) is 1. The van der Waals surface area contributed by atoms with Crippen molar-refractivity contribution in [1.29, 1.82) is 0 Å². The first-order chi connectivity index (χ1) is 4.52. The van der Waals surface area contributed by atoms with Gasteiger partial charge in [0, 0.05) is 6.20 Å². The fourth-order valence-corrected chi connectivity index (χ4v) is 0.597. The zero-order chi connectivity index (χ0) is 7.78. The highest BCUT2D eigenvalue weighted by Gasteiger charge is 2.34. The van der Waals surface area contributed by atoms with Crippen molar-refractivity contribution in [2.75, 3.05) is 0 Å². The van der Waals surface area contributed by atoms with Gasteiger partial charge in [-0.2, -0.15) is 17.9 Å². The molecular weight excluding hydrogens is 147 g/mol. The highest BCUT2D eigenvalue weighted by Crippen LogP contribution is 2.28. The van der Waals surface area contributed by atoms with Crippen molar-refractivity contribution in [2.45, 2.75) is 6.18 Å². The molecule has 56 valence electrons. The van der Waals surface area contributed by atoms with Gasteiger partial charge in [0.05, 0.1) is 0 Å². The van der Waals surface area contributed by atoms with E-state index in [1.807, 2.05) is 0 Å². The Bertz CT molecular complexity index is 227. The van der Waals surface area contributed by atoms with E-state index < -0.39 is 11.9 Å². The van der Waals surface area contributed by atoms with Gasteiger partial charge < -0.3 is 5.21 Å². The molecule has 0 unspecified atom stereocenters. The van der Waals surface area contributed by atoms with Crippen LogP contribution in [0.1, 0.15) is 5.69 Å². The third-order valence-electron chi connectivity index (χ3n) is 1.02. The molecule has 0 saturated heterocycles. The predicted octanol–water partition coefficient (Wildman–Crippen LogP) is 1.74. The van der Waals surface area contributed by atoms with E-state index >= 15 is 0 Å². The second kappa shape index (κ2) is 1.93. The van der Waals surface area contributed by atoms with Gasteiger partial charge in [0.2, 0.25) is 0 Å². The summed E-state index contributed by atoms with van der Waals surface area (Å²) in [7, 11) is 0. The van der Waals surface area contributed by atoms with Crippen LogP contribution < -0.4 is 0 Å². The molecule has 10 heavy (non-hydrogen) atoms. The monoisotopic (exact) mass is 151 g/mol. The van der Waals surface area contributed by atoms with Gasteiger partial charge in [-0.25, -0.2) is 0 Å². The Hall–Kier alpha value is -1.13. The predicted molar refractivity (Wildman–Crippen MR) is 26.6 cm³/mol. The Morgan fingerprint density at radius 2 is 2.00 bits per heavy atom. The molecule has 1 N–H and O–H groups in total. The van der Waals surface area contributed by atoms with Crippen LogP contribution in [-0.4, -0.2) is 9.94 Å². The minimum atomic E-state index is -4.47. The van der Waals surface area contributed by atoms with Crippen molar-refractivity contribution in [3.8, 4) is 0 Å². The third-order valence-corrected chi connectivity index (χ3v) is 1.02. The van der Waals surface area contributed by atoms with E-state index in [1.54, 1.807) is 0 Å². The summed E-state index contributed by atoms with van der Waals surface area (Å²) in [4.78, 5) is 0. The fourth-order valence-electron chi connectivity index (χ4n) is 0.597. The van der Waals surface area contributed by atoms with E-state index in [9.17, 15) is 13.2 Å². The smallest absolute Gasteiger partial charge is 0.428 e. The third kappa shape index (κ3) is 1.07. The normalized spacial score (nSPS) is 11.9. The SMILES string of the molecule is On1cccc1C(F)(F)F. The molecule has 1 heterocycles. The lowest BCUT2D eigenvalue weighted by atomic mass is 10.4. The Balaban J connectivity index is 3.05. The van der Waals surface area contributed by atoms with Gasteiger partial charge in [-0.1, -0.05) is 0 Å². The van der Waals surface area contributed by atoms with Crippen molar-refractivity contribution < 1.29 is 18.4 Å². The molecular formula is C5H4F3NO. The number of alkyl halides is 3. The highest BCUT2D eigenvalue weighted by atomic mass is 19.4. The summed E-state index contributed by atoms with van der Waals surface area (Å²) in [5.74, 6) is 0. The fraction of sp³-hybridized carbons (Fsp3) is 0.200. The molecule has 1 aromatic heterocycles. The van der Waals surface area contributed by atoms with E-state index in [1.165, 1.54) is 0 Å². The molecule has 0 aromatic carbocycles. The first-order valence-electron chi connectivity index (χ1n) is 2.45. The van der Waals surface area contributed by atoms with E-state index in [0.717, 1.165) is 18.3 Å². The largest absolute Gasteiger partial charge is 0.434 e. The molecule has 0 atom stereocenters. The van der Waals surface area contributed by atoms with Crippen LogP contribution in [-0.2, 0) is 6.18 Å². The molecule has 0 saturated carbocycles. The molecule has 0 aliphatic heterocycles. The van der Waals surface area contributed by atoms with Gasteiger partial charge in [-0.05, 0) is 12.1 Å². The van der Waals surface area contributed by atoms with Crippen molar-refractivity contribution in [3.63, 3.8) is 0 Å². The van der Waals surface area contributed by atoms with Crippen LogP contribution in [0.5, 0.6) is 0 Å². The van der Waals surface area contributed by atoms with Crippen molar-refractivity contribution >= 4 is 0 Å². The molecule has 1 rings (SSSR count). The van der Waals surface area contributed by atoms with Crippen LogP contribution in [0, 0.1) is 0 Å². The van der Waals surface area contributed by atoms with Gasteiger partial charge in [0.15, 0.2) is 5.69 Å². The van der Waals surface area contributed by atoms with Crippen LogP contribution in [0.2, 0.25) is 0 Å². The lowest BCUT2D eigenvalue weighted by molar-refractivity contribution is -0.150. The van der Waals surface area contributed by atoms with Crippen molar-refractivity contribution in [2.24, 2.45) is 0 Å².